The Kier molecular flexibility index (Phi) is 5.84. The largest absolute Gasteiger partial charge is 0.465 e. The number of benzene rings is 1. The van der Waals surface area contributed by atoms with Crippen LogP contribution >= 0.6 is 15.9 Å². The lowest BCUT2D eigenvalue weighted by molar-refractivity contribution is 0.0599. The van der Waals surface area contributed by atoms with Gasteiger partial charge in [0.05, 0.1) is 18.7 Å². The van der Waals surface area contributed by atoms with E-state index in [1.165, 1.54) is 13.5 Å². The minimum Gasteiger partial charge on any atom is -0.465 e. The van der Waals surface area contributed by atoms with Crippen LogP contribution in [0.4, 0.5) is 11.5 Å². The summed E-state index contributed by atoms with van der Waals surface area (Å²) in [6, 6.07) is 5.41. The zero-order valence-electron chi connectivity index (χ0n) is 15.4. The van der Waals surface area contributed by atoms with Gasteiger partial charge in [0.2, 0.25) is 0 Å². The summed E-state index contributed by atoms with van der Waals surface area (Å²) in [4.78, 5) is 23.8. The van der Waals surface area contributed by atoms with E-state index < -0.39 is 11.9 Å². The van der Waals surface area contributed by atoms with Crippen molar-refractivity contribution in [1.29, 1.82) is 0 Å². The minimum absolute atomic E-state index is 0.253. The molecule has 1 aliphatic rings. The number of anilines is 2. The summed E-state index contributed by atoms with van der Waals surface area (Å²) in [5.74, 6) is -0.121. The number of hydrogen-bond acceptors (Lipinski definition) is 5. The summed E-state index contributed by atoms with van der Waals surface area (Å²) < 4.78 is 7.26. The van der Waals surface area contributed by atoms with Gasteiger partial charge < -0.3 is 15.8 Å². The number of carbonyl (C=O) groups excluding carboxylic acids is 2. The summed E-state index contributed by atoms with van der Waals surface area (Å²) in [5, 5.41) is 7.71. The fourth-order valence-corrected chi connectivity index (χ4v) is 3.94. The summed E-state index contributed by atoms with van der Waals surface area (Å²) in [7, 11) is 1.33. The molecule has 1 unspecified atom stereocenters. The number of methoxy groups -OCH3 is 1. The summed E-state index contributed by atoms with van der Waals surface area (Å²) in [5.41, 5.74) is 6.88. The second kappa shape index (κ2) is 8.12. The molecule has 1 fully saturated rings. The fraction of sp³-hybridized carbons (Fsp3) is 0.421. The van der Waals surface area contributed by atoms with Crippen LogP contribution in [0.1, 0.15) is 59.4 Å². The van der Waals surface area contributed by atoms with E-state index >= 15 is 0 Å². The number of nitrogens with two attached hydrogens (primary N) is 1. The van der Waals surface area contributed by atoms with Crippen LogP contribution in [-0.2, 0) is 4.74 Å². The van der Waals surface area contributed by atoms with E-state index in [-0.39, 0.29) is 6.04 Å². The van der Waals surface area contributed by atoms with E-state index in [0.29, 0.717) is 33.0 Å². The molecule has 1 aromatic heterocycles. The van der Waals surface area contributed by atoms with Crippen LogP contribution in [0.3, 0.4) is 0 Å². The second-order valence-corrected chi connectivity index (χ2v) is 7.73. The van der Waals surface area contributed by atoms with Crippen LogP contribution in [0.15, 0.2) is 28.9 Å². The smallest absolute Gasteiger partial charge is 0.339 e. The van der Waals surface area contributed by atoms with Crippen molar-refractivity contribution in [3.63, 3.8) is 0 Å². The third-order valence-corrected chi connectivity index (χ3v) is 5.73. The van der Waals surface area contributed by atoms with Gasteiger partial charge in [-0.3, -0.25) is 9.48 Å². The topological polar surface area (TPSA) is 99.2 Å². The molecule has 3 rings (SSSR count). The van der Waals surface area contributed by atoms with E-state index in [1.54, 1.807) is 24.4 Å². The van der Waals surface area contributed by atoms with Crippen molar-refractivity contribution in [3.05, 3.63) is 40.0 Å². The van der Waals surface area contributed by atoms with Gasteiger partial charge in [0.15, 0.2) is 5.82 Å². The van der Waals surface area contributed by atoms with Gasteiger partial charge in [0, 0.05) is 16.4 Å². The highest BCUT2D eigenvalue weighted by atomic mass is 79.9. The lowest BCUT2D eigenvalue weighted by Crippen LogP contribution is -2.21. The highest BCUT2D eigenvalue weighted by Gasteiger charge is 2.26. The molecule has 0 saturated heterocycles. The number of primary amides is 1. The van der Waals surface area contributed by atoms with Gasteiger partial charge in [-0.1, -0.05) is 19.8 Å². The number of carbonyl (C=O) groups is 2. The molecular weight excluding hydrogens is 412 g/mol. The molecule has 1 aromatic carbocycles. The molecule has 1 amide bonds. The van der Waals surface area contributed by atoms with Gasteiger partial charge in [-0.2, -0.15) is 5.10 Å². The van der Waals surface area contributed by atoms with Crippen molar-refractivity contribution in [2.75, 3.05) is 12.4 Å². The van der Waals surface area contributed by atoms with Crippen LogP contribution < -0.4 is 11.1 Å². The Balaban J connectivity index is 1.92. The van der Waals surface area contributed by atoms with E-state index in [2.05, 4.69) is 33.3 Å². The lowest BCUT2D eigenvalue weighted by atomic mass is 9.86. The van der Waals surface area contributed by atoms with E-state index in [1.807, 2.05) is 4.68 Å². The maximum atomic E-state index is 11.9. The number of ether oxygens (including phenoxy) is 1. The maximum absolute atomic E-state index is 11.9. The molecule has 2 atom stereocenters. The molecule has 8 heteroatoms. The average Bonchev–Trinajstić information content (AvgIpc) is 3.07. The zero-order valence-corrected chi connectivity index (χ0v) is 17.0. The quantitative estimate of drug-likeness (QED) is 0.691. The number of nitrogens with one attached hydrogen (secondary N) is 1. The van der Waals surface area contributed by atoms with Crippen molar-refractivity contribution < 1.29 is 14.3 Å². The van der Waals surface area contributed by atoms with Crippen LogP contribution in [0, 0.1) is 5.92 Å². The predicted octanol–water partition coefficient (Wildman–Crippen LogP) is 4.03. The molecule has 0 bridgehead atoms. The SMILES string of the molecule is COC(=O)c1cc(Nc2nn(C3CCCC[C@@H]3C)cc2C(N)=O)ccc1Br. The summed E-state index contributed by atoms with van der Waals surface area (Å²) in [6.45, 7) is 2.21. The molecule has 1 heterocycles. The number of hydrogen-bond donors (Lipinski definition) is 2. The normalized spacial score (nSPS) is 19.5. The van der Waals surface area contributed by atoms with Crippen LogP contribution in [0.25, 0.3) is 0 Å². The Labute approximate surface area is 166 Å². The highest BCUT2D eigenvalue weighted by molar-refractivity contribution is 9.10. The molecule has 0 radical (unpaired) electrons. The Morgan fingerprint density at radius 3 is 2.70 bits per heavy atom. The standard InChI is InChI=1S/C19H23BrN4O3/c1-11-5-3-4-6-16(11)24-10-14(17(21)25)18(23-24)22-12-7-8-15(20)13(9-12)19(26)27-2/h7-11,16H,3-6H2,1-2H3,(H2,21,25)(H,22,23)/t11-,16?/m0/s1. The monoisotopic (exact) mass is 434 g/mol. The van der Waals surface area contributed by atoms with Crippen molar-refractivity contribution >= 4 is 39.3 Å². The average molecular weight is 435 g/mol. The second-order valence-electron chi connectivity index (χ2n) is 6.88. The van der Waals surface area contributed by atoms with Gasteiger partial charge in [0.25, 0.3) is 5.91 Å². The number of halogens is 1. The molecule has 1 saturated carbocycles. The Bertz CT molecular complexity index is 865. The number of rotatable bonds is 5. The van der Waals surface area contributed by atoms with E-state index in [9.17, 15) is 9.59 Å². The van der Waals surface area contributed by atoms with Crippen LogP contribution in [0.2, 0.25) is 0 Å². The fourth-order valence-electron chi connectivity index (χ4n) is 3.53. The van der Waals surface area contributed by atoms with Gasteiger partial charge in [-0.25, -0.2) is 4.79 Å². The number of nitrogens with zero attached hydrogens (tertiary/aromatic N) is 2. The first-order chi connectivity index (χ1) is 12.9. The Hall–Kier alpha value is -2.35. The highest BCUT2D eigenvalue weighted by Crippen LogP contribution is 2.34. The van der Waals surface area contributed by atoms with Gasteiger partial charge in [-0.05, 0) is 52.9 Å². The molecule has 27 heavy (non-hydrogen) atoms. The first-order valence-electron chi connectivity index (χ1n) is 8.94. The van der Waals surface area contributed by atoms with Crippen molar-refractivity contribution in [2.24, 2.45) is 11.7 Å². The molecule has 3 N–H and O–H groups in total. The molecule has 0 spiro atoms. The molecular formula is C19H23BrN4O3. The molecule has 144 valence electrons. The predicted molar refractivity (Wildman–Crippen MR) is 106 cm³/mol. The zero-order chi connectivity index (χ0) is 19.6. The number of esters is 1. The van der Waals surface area contributed by atoms with Crippen LogP contribution in [-0.4, -0.2) is 28.8 Å². The minimum atomic E-state index is -0.544. The van der Waals surface area contributed by atoms with Crippen molar-refractivity contribution in [1.82, 2.24) is 9.78 Å². The summed E-state index contributed by atoms with van der Waals surface area (Å²) in [6.07, 6.45) is 6.28. The molecule has 7 nitrogen and oxygen atoms in total. The van der Waals surface area contributed by atoms with Crippen LogP contribution in [0.5, 0.6) is 0 Å². The molecule has 1 aliphatic carbocycles. The Morgan fingerprint density at radius 1 is 1.30 bits per heavy atom. The van der Waals surface area contributed by atoms with E-state index in [4.69, 9.17) is 10.5 Å². The van der Waals surface area contributed by atoms with Gasteiger partial charge in [-0.15, -0.1) is 0 Å². The van der Waals surface area contributed by atoms with Gasteiger partial charge in [0.1, 0.15) is 5.56 Å². The number of amides is 1. The first kappa shape index (κ1) is 19.4. The molecule has 2 aromatic rings. The number of aromatic nitrogens is 2. The third kappa shape index (κ3) is 4.16. The maximum Gasteiger partial charge on any atom is 0.339 e. The molecule has 0 aliphatic heterocycles. The lowest BCUT2D eigenvalue weighted by Gasteiger charge is -2.28. The summed E-state index contributed by atoms with van der Waals surface area (Å²) >= 11 is 3.34. The van der Waals surface area contributed by atoms with E-state index in [0.717, 1.165) is 19.3 Å². The van der Waals surface area contributed by atoms with Crippen molar-refractivity contribution in [2.45, 2.75) is 38.6 Å². The van der Waals surface area contributed by atoms with Gasteiger partial charge >= 0.3 is 5.97 Å². The third-order valence-electron chi connectivity index (χ3n) is 5.04. The Morgan fingerprint density at radius 2 is 2.04 bits per heavy atom. The first-order valence-corrected chi connectivity index (χ1v) is 9.74. The van der Waals surface area contributed by atoms with Crippen molar-refractivity contribution in [3.8, 4) is 0 Å².